The number of benzene rings is 1. The molecule has 0 saturated heterocycles. The lowest BCUT2D eigenvalue weighted by atomic mass is 9.98. The second-order valence-corrected chi connectivity index (χ2v) is 5.18. The smallest absolute Gasteiger partial charge is 0.107 e. The number of halogens is 1. The summed E-state index contributed by atoms with van der Waals surface area (Å²) in [5.74, 6) is 0.993. The number of hydrogen-bond donors (Lipinski definition) is 2. The van der Waals surface area contributed by atoms with Crippen molar-refractivity contribution in [1.29, 1.82) is 0 Å². The van der Waals surface area contributed by atoms with E-state index in [2.05, 4.69) is 35.2 Å². The summed E-state index contributed by atoms with van der Waals surface area (Å²) >= 11 is 6.13. The lowest BCUT2D eigenvalue weighted by molar-refractivity contribution is 0.518. The molecule has 0 saturated carbocycles. The van der Waals surface area contributed by atoms with Crippen LogP contribution in [0.3, 0.4) is 0 Å². The quantitative estimate of drug-likeness (QED) is 0.846. The Morgan fingerprint density at radius 2 is 2.26 bits per heavy atom. The van der Waals surface area contributed by atoms with Crippen LogP contribution in [0.2, 0.25) is 5.02 Å². The number of nitrogens with zero attached hydrogens (tertiary/aromatic N) is 1. The first-order valence-corrected chi connectivity index (χ1v) is 7.06. The third-order valence-corrected chi connectivity index (χ3v) is 3.44. The Kier molecular flexibility index (Phi) is 5.00. The second kappa shape index (κ2) is 6.73. The van der Waals surface area contributed by atoms with Crippen LogP contribution >= 0.6 is 11.6 Å². The highest BCUT2D eigenvalue weighted by Crippen LogP contribution is 2.24. The van der Waals surface area contributed by atoms with E-state index in [4.69, 9.17) is 11.6 Å². The Bertz CT molecular complexity index is 508. The summed E-state index contributed by atoms with van der Waals surface area (Å²) in [6.45, 7) is 5.27. The van der Waals surface area contributed by atoms with Gasteiger partial charge in [-0.1, -0.05) is 24.6 Å². The molecule has 0 aliphatic carbocycles. The first-order chi connectivity index (χ1) is 9.20. The minimum Gasteiger partial charge on any atom is -0.349 e. The lowest BCUT2D eigenvalue weighted by Gasteiger charge is -2.20. The van der Waals surface area contributed by atoms with Crippen LogP contribution < -0.4 is 5.32 Å². The third-order valence-electron chi connectivity index (χ3n) is 3.21. The number of imidazole rings is 1. The molecule has 102 valence electrons. The minimum atomic E-state index is 0.241. The van der Waals surface area contributed by atoms with Crippen LogP contribution in [0.4, 0.5) is 0 Å². The second-order valence-electron chi connectivity index (χ2n) is 4.75. The van der Waals surface area contributed by atoms with E-state index in [1.807, 2.05) is 18.3 Å². The van der Waals surface area contributed by atoms with Crippen LogP contribution in [0.1, 0.15) is 36.3 Å². The van der Waals surface area contributed by atoms with Gasteiger partial charge in [0, 0.05) is 29.9 Å². The SMILES string of the molecule is CCCNC(Cc1ncc[nH]1)c1cc(Cl)ccc1C. The molecule has 2 rings (SSSR count). The van der Waals surface area contributed by atoms with E-state index < -0.39 is 0 Å². The number of H-pyrrole nitrogens is 1. The van der Waals surface area contributed by atoms with Gasteiger partial charge in [0.1, 0.15) is 5.82 Å². The zero-order valence-electron chi connectivity index (χ0n) is 11.4. The molecule has 0 spiro atoms. The maximum atomic E-state index is 6.13. The van der Waals surface area contributed by atoms with Crippen LogP contribution in [0.25, 0.3) is 0 Å². The van der Waals surface area contributed by atoms with Crippen molar-refractivity contribution in [3.8, 4) is 0 Å². The molecule has 0 radical (unpaired) electrons. The van der Waals surface area contributed by atoms with Gasteiger partial charge >= 0.3 is 0 Å². The normalized spacial score (nSPS) is 12.6. The van der Waals surface area contributed by atoms with Gasteiger partial charge in [-0.2, -0.15) is 0 Å². The number of aromatic nitrogens is 2. The van der Waals surface area contributed by atoms with Crippen LogP contribution in [0.5, 0.6) is 0 Å². The van der Waals surface area contributed by atoms with Crippen molar-refractivity contribution in [2.45, 2.75) is 32.7 Å². The Hall–Kier alpha value is -1.32. The summed E-state index contributed by atoms with van der Waals surface area (Å²) in [6, 6.07) is 6.29. The predicted octanol–water partition coefficient (Wildman–Crippen LogP) is 3.65. The van der Waals surface area contributed by atoms with Crippen molar-refractivity contribution in [2.24, 2.45) is 0 Å². The van der Waals surface area contributed by atoms with E-state index in [-0.39, 0.29) is 6.04 Å². The molecule has 3 nitrogen and oxygen atoms in total. The van der Waals surface area contributed by atoms with Gasteiger partial charge in [-0.3, -0.25) is 0 Å². The monoisotopic (exact) mass is 277 g/mol. The highest BCUT2D eigenvalue weighted by molar-refractivity contribution is 6.30. The zero-order chi connectivity index (χ0) is 13.7. The van der Waals surface area contributed by atoms with Crippen LogP contribution in [-0.4, -0.2) is 16.5 Å². The van der Waals surface area contributed by atoms with E-state index >= 15 is 0 Å². The number of aromatic amines is 1. The third kappa shape index (κ3) is 3.82. The molecular weight excluding hydrogens is 258 g/mol. The molecule has 1 heterocycles. The molecule has 1 aromatic heterocycles. The fraction of sp³-hybridized carbons (Fsp3) is 0.400. The van der Waals surface area contributed by atoms with E-state index in [0.29, 0.717) is 0 Å². The predicted molar refractivity (Wildman–Crippen MR) is 79.5 cm³/mol. The van der Waals surface area contributed by atoms with Gasteiger partial charge in [0.25, 0.3) is 0 Å². The molecular formula is C15H20ClN3. The standard InChI is InChI=1S/C15H20ClN3/c1-3-6-17-14(10-15-18-7-8-19-15)13-9-12(16)5-4-11(13)2/h4-5,7-9,14,17H,3,6,10H2,1-2H3,(H,18,19). The average Bonchev–Trinajstić information content (AvgIpc) is 2.90. The van der Waals surface area contributed by atoms with Gasteiger partial charge in [-0.25, -0.2) is 4.98 Å². The average molecular weight is 278 g/mol. The molecule has 4 heteroatoms. The van der Waals surface area contributed by atoms with Crippen molar-refractivity contribution < 1.29 is 0 Å². The summed E-state index contributed by atoms with van der Waals surface area (Å²) in [7, 11) is 0. The number of aryl methyl sites for hydroxylation is 1. The minimum absolute atomic E-state index is 0.241. The number of nitrogens with one attached hydrogen (secondary N) is 2. The fourth-order valence-corrected chi connectivity index (χ4v) is 2.38. The molecule has 0 aliphatic rings. The van der Waals surface area contributed by atoms with Gasteiger partial charge in [-0.15, -0.1) is 0 Å². The highest BCUT2D eigenvalue weighted by Gasteiger charge is 2.15. The van der Waals surface area contributed by atoms with Crippen molar-refractivity contribution in [2.75, 3.05) is 6.54 Å². The van der Waals surface area contributed by atoms with Gasteiger partial charge in [0.05, 0.1) is 0 Å². The highest BCUT2D eigenvalue weighted by atomic mass is 35.5. The fourth-order valence-electron chi connectivity index (χ4n) is 2.20. The van der Waals surface area contributed by atoms with E-state index in [9.17, 15) is 0 Å². The molecule has 1 atom stereocenters. The van der Waals surface area contributed by atoms with Crippen molar-refractivity contribution in [3.63, 3.8) is 0 Å². The van der Waals surface area contributed by atoms with Gasteiger partial charge in [-0.05, 0) is 43.1 Å². The molecule has 0 bridgehead atoms. The Labute approximate surface area is 119 Å². The van der Waals surface area contributed by atoms with E-state index in [1.54, 1.807) is 6.20 Å². The van der Waals surface area contributed by atoms with Gasteiger partial charge in [0.15, 0.2) is 0 Å². The van der Waals surface area contributed by atoms with Crippen molar-refractivity contribution in [3.05, 3.63) is 52.6 Å². The summed E-state index contributed by atoms with van der Waals surface area (Å²) in [4.78, 5) is 7.48. The first kappa shape index (κ1) is 14.1. The largest absolute Gasteiger partial charge is 0.349 e. The van der Waals surface area contributed by atoms with Gasteiger partial charge in [0.2, 0.25) is 0 Å². The number of rotatable bonds is 6. The molecule has 19 heavy (non-hydrogen) atoms. The van der Waals surface area contributed by atoms with Crippen molar-refractivity contribution in [1.82, 2.24) is 15.3 Å². The number of hydrogen-bond acceptors (Lipinski definition) is 2. The summed E-state index contributed by atoms with van der Waals surface area (Å²) < 4.78 is 0. The first-order valence-electron chi connectivity index (χ1n) is 6.68. The summed E-state index contributed by atoms with van der Waals surface area (Å²) in [5.41, 5.74) is 2.50. The Balaban J connectivity index is 2.23. The molecule has 1 aromatic carbocycles. The Morgan fingerprint density at radius 1 is 1.42 bits per heavy atom. The van der Waals surface area contributed by atoms with Crippen LogP contribution in [0, 0.1) is 6.92 Å². The molecule has 0 fully saturated rings. The lowest BCUT2D eigenvalue weighted by Crippen LogP contribution is -2.25. The summed E-state index contributed by atoms with van der Waals surface area (Å²) in [6.07, 6.45) is 5.59. The summed E-state index contributed by atoms with van der Waals surface area (Å²) in [5, 5.41) is 4.35. The topological polar surface area (TPSA) is 40.7 Å². The van der Waals surface area contributed by atoms with Gasteiger partial charge < -0.3 is 10.3 Å². The van der Waals surface area contributed by atoms with E-state index in [0.717, 1.165) is 30.2 Å². The molecule has 2 aromatic rings. The van der Waals surface area contributed by atoms with E-state index in [1.165, 1.54) is 11.1 Å². The molecule has 0 amide bonds. The Morgan fingerprint density at radius 3 is 2.95 bits per heavy atom. The van der Waals surface area contributed by atoms with Crippen molar-refractivity contribution >= 4 is 11.6 Å². The maximum absolute atomic E-state index is 6.13. The van der Waals surface area contributed by atoms with Crippen LogP contribution in [-0.2, 0) is 6.42 Å². The van der Waals surface area contributed by atoms with Crippen LogP contribution in [0.15, 0.2) is 30.6 Å². The molecule has 1 unspecified atom stereocenters. The molecule has 2 N–H and O–H groups in total. The maximum Gasteiger partial charge on any atom is 0.107 e. The zero-order valence-corrected chi connectivity index (χ0v) is 12.2. The molecule has 0 aliphatic heterocycles.